The number of amides is 1. The van der Waals surface area contributed by atoms with Gasteiger partial charge in [-0.05, 0) is 5.56 Å². The number of hydrogen-bond donors (Lipinski definition) is 1. The Morgan fingerprint density at radius 2 is 1.89 bits per heavy atom. The first-order chi connectivity index (χ1) is 13.5. The number of rotatable bonds is 8. The number of terminal acetylenes is 1. The summed E-state index contributed by atoms with van der Waals surface area (Å²) in [5.74, 6) is 2.70. The predicted octanol–water partition coefficient (Wildman–Crippen LogP) is 3.68. The molecule has 0 atom stereocenters. The zero-order valence-corrected chi connectivity index (χ0v) is 16.8. The zero-order chi connectivity index (χ0) is 20.5. The van der Waals surface area contributed by atoms with Crippen molar-refractivity contribution < 1.29 is 19.1 Å². The van der Waals surface area contributed by atoms with Crippen molar-refractivity contribution >= 4 is 34.8 Å². The summed E-state index contributed by atoms with van der Waals surface area (Å²) in [5, 5.41) is 6.91. The molecule has 0 aliphatic rings. The Bertz CT molecular complexity index is 900. The van der Waals surface area contributed by atoms with Crippen molar-refractivity contribution in [2.24, 2.45) is 5.16 Å². The van der Waals surface area contributed by atoms with Gasteiger partial charge in [0, 0.05) is 24.7 Å². The van der Waals surface area contributed by atoms with Crippen LogP contribution in [0.4, 0.5) is 0 Å². The molecule has 0 unspecified atom stereocenters. The molecule has 0 radical (unpaired) electrons. The quantitative estimate of drug-likeness (QED) is 0.401. The molecule has 28 heavy (non-hydrogen) atoms. The van der Waals surface area contributed by atoms with Crippen molar-refractivity contribution in [2.45, 2.75) is 6.61 Å². The van der Waals surface area contributed by atoms with E-state index in [0.29, 0.717) is 17.1 Å². The highest BCUT2D eigenvalue weighted by Crippen LogP contribution is 2.37. The van der Waals surface area contributed by atoms with E-state index in [1.807, 2.05) is 12.1 Å². The maximum atomic E-state index is 12.1. The van der Waals surface area contributed by atoms with E-state index < -0.39 is 0 Å². The minimum atomic E-state index is -0.379. The van der Waals surface area contributed by atoms with E-state index in [1.54, 1.807) is 24.3 Å². The molecule has 8 heteroatoms. The Balaban J connectivity index is 2.25. The van der Waals surface area contributed by atoms with Gasteiger partial charge in [0.05, 0.1) is 10.0 Å². The van der Waals surface area contributed by atoms with Crippen LogP contribution in [0.5, 0.6) is 11.5 Å². The highest BCUT2D eigenvalue weighted by atomic mass is 35.5. The summed E-state index contributed by atoms with van der Waals surface area (Å²) < 4.78 is 11.1. The third-order valence-corrected chi connectivity index (χ3v) is 4.12. The van der Waals surface area contributed by atoms with Gasteiger partial charge >= 0.3 is 0 Å². The summed E-state index contributed by atoms with van der Waals surface area (Å²) in [6.45, 7) is 0.196. The minimum Gasteiger partial charge on any atom is -0.489 e. The molecule has 0 saturated heterocycles. The molecular weight excluding hydrogens is 403 g/mol. The average molecular weight is 421 g/mol. The summed E-state index contributed by atoms with van der Waals surface area (Å²) in [7, 11) is 2.89. The minimum absolute atomic E-state index is 0.0497. The van der Waals surface area contributed by atoms with Crippen molar-refractivity contribution in [1.82, 2.24) is 5.32 Å². The third kappa shape index (κ3) is 5.32. The van der Waals surface area contributed by atoms with E-state index in [1.165, 1.54) is 14.2 Å². The molecule has 1 amide bonds. The standard InChI is InChI=1S/C20H18Cl2N2O4/c1-4-9-27-19-16(21)10-14(11-17(19)22)28-12-13-7-5-6-8-15(13)18(24-26-3)20(25)23-2/h1,5-8,10-11H,9,12H2,2-3H3,(H,23,25). The number of likely N-dealkylation sites (N-methyl/N-ethyl adjacent to an activating group) is 1. The second-order valence-corrected chi connectivity index (χ2v) is 6.17. The molecule has 0 saturated carbocycles. The Morgan fingerprint density at radius 1 is 1.21 bits per heavy atom. The first-order valence-electron chi connectivity index (χ1n) is 8.11. The van der Waals surface area contributed by atoms with Gasteiger partial charge in [-0.3, -0.25) is 4.79 Å². The van der Waals surface area contributed by atoms with Crippen molar-refractivity contribution in [3.8, 4) is 23.8 Å². The van der Waals surface area contributed by atoms with E-state index in [0.717, 1.165) is 5.56 Å². The fourth-order valence-electron chi connectivity index (χ4n) is 2.33. The summed E-state index contributed by atoms with van der Waals surface area (Å²) in [4.78, 5) is 16.9. The van der Waals surface area contributed by atoms with Crippen LogP contribution in [-0.4, -0.2) is 32.4 Å². The number of carbonyl (C=O) groups excluding carboxylic acids is 1. The molecule has 2 rings (SSSR count). The number of halogens is 2. The maximum absolute atomic E-state index is 12.1. The molecule has 2 aromatic rings. The number of nitrogens with one attached hydrogen (secondary N) is 1. The molecule has 0 fully saturated rings. The van der Waals surface area contributed by atoms with Crippen LogP contribution in [0.3, 0.4) is 0 Å². The summed E-state index contributed by atoms with van der Waals surface area (Å²) in [5.41, 5.74) is 1.44. The highest BCUT2D eigenvalue weighted by molar-refractivity contribution is 6.45. The number of carbonyl (C=O) groups is 1. The number of oxime groups is 1. The lowest BCUT2D eigenvalue weighted by Crippen LogP contribution is -2.29. The maximum Gasteiger partial charge on any atom is 0.273 e. The van der Waals surface area contributed by atoms with Crippen LogP contribution in [0.1, 0.15) is 11.1 Å². The normalized spacial score (nSPS) is 10.8. The lowest BCUT2D eigenvalue weighted by atomic mass is 10.0. The fraction of sp³-hybridized carbons (Fsp3) is 0.200. The monoisotopic (exact) mass is 420 g/mol. The van der Waals surface area contributed by atoms with Gasteiger partial charge in [0.1, 0.15) is 26.1 Å². The fourth-order valence-corrected chi connectivity index (χ4v) is 2.91. The SMILES string of the molecule is C#CCOc1c(Cl)cc(OCc2ccccc2C(=NOC)C(=O)NC)cc1Cl. The van der Waals surface area contributed by atoms with Crippen LogP contribution in [0.15, 0.2) is 41.6 Å². The molecular formula is C20H18Cl2N2O4. The lowest BCUT2D eigenvalue weighted by Gasteiger charge is -2.14. The van der Waals surface area contributed by atoms with E-state index >= 15 is 0 Å². The summed E-state index contributed by atoms with van der Waals surface area (Å²) in [6, 6.07) is 10.3. The van der Waals surface area contributed by atoms with Crippen molar-refractivity contribution in [1.29, 1.82) is 0 Å². The van der Waals surface area contributed by atoms with Gasteiger partial charge in [0.25, 0.3) is 5.91 Å². The third-order valence-electron chi connectivity index (χ3n) is 3.56. The van der Waals surface area contributed by atoms with Gasteiger partial charge in [0.15, 0.2) is 11.5 Å². The first kappa shape index (κ1) is 21.4. The summed E-state index contributed by atoms with van der Waals surface area (Å²) in [6.07, 6.45) is 5.18. The molecule has 0 aliphatic carbocycles. The second kappa shape index (κ2) is 10.5. The molecule has 6 nitrogen and oxygen atoms in total. The predicted molar refractivity (Wildman–Crippen MR) is 109 cm³/mol. The molecule has 146 valence electrons. The second-order valence-electron chi connectivity index (χ2n) is 5.36. The van der Waals surface area contributed by atoms with E-state index in [-0.39, 0.29) is 34.9 Å². The number of hydrogen-bond acceptors (Lipinski definition) is 5. The Labute approximate surface area is 173 Å². The highest BCUT2D eigenvalue weighted by Gasteiger charge is 2.18. The van der Waals surface area contributed by atoms with Crippen molar-refractivity contribution in [3.05, 3.63) is 57.6 Å². The van der Waals surface area contributed by atoms with Crippen molar-refractivity contribution in [3.63, 3.8) is 0 Å². The summed E-state index contributed by atoms with van der Waals surface area (Å²) >= 11 is 12.4. The van der Waals surface area contributed by atoms with Gasteiger partial charge in [-0.25, -0.2) is 0 Å². The van der Waals surface area contributed by atoms with Gasteiger partial charge < -0.3 is 19.6 Å². The smallest absolute Gasteiger partial charge is 0.273 e. The molecule has 0 aliphatic heterocycles. The average Bonchev–Trinajstić information content (AvgIpc) is 2.69. The Hall–Kier alpha value is -2.88. The molecule has 0 bridgehead atoms. The molecule has 0 aromatic heterocycles. The number of nitrogens with zero attached hydrogens (tertiary/aromatic N) is 1. The van der Waals surface area contributed by atoms with Crippen LogP contribution in [-0.2, 0) is 16.2 Å². The lowest BCUT2D eigenvalue weighted by molar-refractivity contribution is -0.114. The van der Waals surface area contributed by atoms with Gasteiger partial charge in [-0.2, -0.15) is 0 Å². The van der Waals surface area contributed by atoms with E-state index in [4.69, 9.17) is 43.9 Å². The van der Waals surface area contributed by atoms with Gasteiger partial charge in [0.2, 0.25) is 0 Å². The van der Waals surface area contributed by atoms with Gasteiger partial charge in [-0.15, -0.1) is 6.42 Å². The van der Waals surface area contributed by atoms with Gasteiger partial charge in [-0.1, -0.05) is 58.5 Å². The van der Waals surface area contributed by atoms with Crippen molar-refractivity contribution in [2.75, 3.05) is 20.8 Å². The largest absolute Gasteiger partial charge is 0.489 e. The van der Waals surface area contributed by atoms with Crippen LogP contribution in [0.2, 0.25) is 10.0 Å². The van der Waals surface area contributed by atoms with Crippen LogP contribution >= 0.6 is 23.2 Å². The molecule has 1 N–H and O–H groups in total. The number of benzene rings is 2. The first-order valence-corrected chi connectivity index (χ1v) is 8.87. The van der Waals surface area contributed by atoms with E-state index in [9.17, 15) is 4.79 Å². The van der Waals surface area contributed by atoms with Crippen LogP contribution in [0.25, 0.3) is 0 Å². The Kier molecular flexibility index (Phi) is 8.00. The molecule has 0 spiro atoms. The molecule has 0 heterocycles. The van der Waals surface area contributed by atoms with E-state index in [2.05, 4.69) is 16.4 Å². The molecule has 2 aromatic carbocycles. The zero-order valence-electron chi connectivity index (χ0n) is 15.3. The van der Waals surface area contributed by atoms with Crippen LogP contribution < -0.4 is 14.8 Å². The Morgan fingerprint density at radius 3 is 2.50 bits per heavy atom. The van der Waals surface area contributed by atoms with Crippen LogP contribution in [0, 0.1) is 12.3 Å². The topological polar surface area (TPSA) is 69.1 Å². The number of ether oxygens (including phenoxy) is 2.